The van der Waals surface area contributed by atoms with Gasteiger partial charge in [-0.05, 0) is 102 Å². The van der Waals surface area contributed by atoms with Crippen molar-refractivity contribution in [1.29, 1.82) is 0 Å². The molecule has 3 aromatic rings. The maximum atomic E-state index is 14.2. The van der Waals surface area contributed by atoms with Crippen LogP contribution in [0, 0.1) is 11.8 Å². The van der Waals surface area contributed by atoms with Crippen molar-refractivity contribution in [1.82, 2.24) is 16.0 Å². The number of carbonyl (C=O) groups is 5. The first kappa shape index (κ1) is 45.9. The van der Waals surface area contributed by atoms with Gasteiger partial charge in [-0.3, -0.25) is 28.5 Å². The zero-order valence-electron chi connectivity index (χ0n) is 34.8. The maximum Gasteiger partial charge on any atom is 0.336 e. The molecular weight excluding hydrogens is 759 g/mol. The Morgan fingerprint density at radius 2 is 1.50 bits per heavy atom. The molecule has 0 unspecified atom stereocenters. The van der Waals surface area contributed by atoms with Crippen LogP contribution in [0.5, 0.6) is 0 Å². The van der Waals surface area contributed by atoms with E-state index < -0.39 is 84.7 Å². The fraction of sp³-hybridized carbons (Fsp3) is 0.477. The monoisotopic (exact) mass is 818 g/mol. The largest absolute Gasteiger partial charge is 0.481 e. The van der Waals surface area contributed by atoms with Gasteiger partial charge in [0.25, 0.3) is 0 Å². The molecule has 58 heavy (non-hydrogen) atoms. The summed E-state index contributed by atoms with van der Waals surface area (Å²) in [6.45, 7) is 13.8. The Balaban J connectivity index is 1.79. The highest BCUT2D eigenvalue weighted by Gasteiger charge is 2.39. The normalized spacial score (nSPS) is 21.3. The number of nitrogens with two attached hydrogens (primary N) is 1. The summed E-state index contributed by atoms with van der Waals surface area (Å²) in [5.74, 6) is -6.29. The standard InChI is InChI=1S/C44H59N4O9P/c1-42(2,3)56-58(55,57-43(4,5)6)27-28-19-21-31(22-20-28)34-18-11-13-29(23-32-16-12-15-30-14-9-10-17-33(30)32)26-46-40(53)36(25-37(45)49)47-41(54)44(7,8)48-39(52)35(34)24-38(50)51/h9-12,14-22,29,34-36H,13,23-27H2,1-8H3,(H2,45,49)(H,46,53)(H,47,54)(H,48,52)(H,50,51)/t29-,34-,35-,36-/m0/s1. The van der Waals surface area contributed by atoms with Gasteiger partial charge in [-0.1, -0.05) is 78.9 Å². The van der Waals surface area contributed by atoms with Crippen LogP contribution < -0.4 is 21.7 Å². The van der Waals surface area contributed by atoms with Crippen LogP contribution in [0.15, 0.2) is 78.9 Å². The van der Waals surface area contributed by atoms with Crippen LogP contribution in [0.1, 0.15) is 97.3 Å². The second-order valence-electron chi connectivity index (χ2n) is 17.6. The molecule has 0 saturated carbocycles. The fourth-order valence-corrected chi connectivity index (χ4v) is 9.54. The Bertz CT molecular complexity index is 2020. The number of fused-ring (bicyclic) bond motifs is 1. The van der Waals surface area contributed by atoms with Crippen molar-refractivity contribution in [3.8, 4) is 0 Å². The van der Waals surface area contributed by atoms with Crippen LogP contribution in [0.3, 0.4) is 0 Å². The molecule has 0 fully saturated rings. The highest BCUT2D eigenvalue weighted by molar-refractivity contribution is 7.53. The van der Waals surface area contributed by atoms with Gasteiger partial charge in [0, 0.05) is 12.5 Å². The summed E-state index contributed by atoms with van der Waals surface area (Å²) >= 11 is 0. The summed E-state index contributed by atoms with van der Waals surface area (Å²) in [7, 11) is -3.65. The topological polar surface area (TPSA) is 203 Å². The average molecular weight is 819 g/mol. The number of carboxylic acids is 1. The molecule has 0 bridgehead atoms. The van der Waals surface area contributed by atoms with Crippen molar-refractivity contribution in [3.05, 3.63) is 95.6 Å². The van der Waals surface area contributed by atoms with Gasteiger partial charge >= 0.3 is 13.6 Å². The lowest BCUT2D eigenvalue weighted by Crippen LogP contribution is -2.60. The first-order valence-electron chi connectivity index (χ1n) is 19.6. The molecule has 4 rings (SSSR count). The van der Waals surface area contributed by atoms with E-state index in [0.717, 1.165) is 16.3 Å². The number of hydrogen-bond donors (Lipinski definition) is 5. The van der Waals surface area contributed by atoms with Crippen LogP contribution >= 0.6 is 7.60 Å². The third-order valence-electron chi connectivity index (χ3n) is 9.53. The molecule has 4 amide bonds. The van der Waals surface area contributed by atoms with E-state index in [2.05, 4.69) is 16.0 Å². The van der Waals surface area contributed by atoms with Crippen molar-refractivity contribution in [2.24, 2.45) is 17.6 Å². The molecule has 6 N–H and O–H groups in total. The van der Waals surface area contributed by atoms with Crippen LogP contribution in [-0.2, 0) is 50.2 Å². The minimum Gasteiger partial charge on any atom is -0.481 e. The summed E-state index contributed by atoms with van der Waals surface area (Å²) < 4.78 is 26.1. The third-order valence-corrected chi connectivity index (χ3v) is 11.9. The van der Waals surface area contributed by atoms with E-state index in [0.29, 0.717) is 24.0 Å². The van der Waals surface area contributed by atoms with Gasteiger partial charge in [-0.2, -0.15) is 0 Å². The number of nitrogens with one attached hydrogen (secondary N) is 3. The van der Waals surface area contributed by atoms with Gasteiger partial charge in [-0.25, -0.2) is 0 Å². The lowest BCUT2D eigenvalue weighted by Gasteiger charge is -2.32. The van der Waals surface area contributed by atoms with E-state index in [4.69, 9.17) is 14.8 Å². The lowest BCUT2D eigenvalue weighted by molar-refractivity contribution is -0.142. The number of amides is 4. The molecule has 14 heteroatoms. The highest BCUT2D eigenvalue weighted by Crippen LogP contribution is 2.57. The molecule has 1 aliphatic rings. The van der Waals surface area contributed by atoms with Crippen molar-refractivity contribution in [3.63, 3.8) is 0 Å². The molecule has 4 atom stereocenters. The smallest absolute Gasteiger partial charge is 0.336 e. The number of carbonyl (C=O) groups excluding carboxylic acids is 4. The summed E-state index contributed by atoms with van der Waals surface area (Å²) in [6.07, 6.45) is 3.57. The van der Waals surface area contributed by atoms with Gasteiger partial charge in [-0.15, -0.1) is 0 Å². The van der Waals surface area contributed by atoms with Gasteiger partial charge in [0.15, 0.2) is 0 Å². The third kappa shape index (κ3) is 13.6. The molecule has 3 aromatic carbocycles. The first-order chi connectivity index (χ1) is 26.9. The predicted molar refractivity (Wildman–Crippen MR) is 224 cm³/mol. The molecule has 1 aliphatic heterocycles. The van der Waals surface area contributed by atoms with Gasteiger partial charge < -0.3 is 35.8 Å². The molecule has 1 heterocycles. The van der Waals surface area contributed by atoms with Gasteiger partial charge in [0.2, 0.25) is 23.6 Å². The Kier molecular flexibility index (Phi) is 14.9. The van der Waals surface area contributed by atoms with E-state index in [1.165, 1.54) is 13.8 Å². The van der Waals surface area contributed by atoms with Crippen LogP contribution in [-0.4, -0.2) is 64.0 Å². The zero-order valence-corrected chi connectivity index (χ0v) is 35.7. The van der Waals surface area contributed by atoms with Crippen LogP contribution in [0.2, 0.25) is 0 Å². The molecule has 0 radical (unpaired) electrons. The van der Waals surface area contributed by atoms with Gasteiger partial charge in [0.1, 0.15) is 11.6 Å². The molecular formula is C44H59N4O9P. The minimum atomic E-state index is -3.65. The summed E-state index contributed by atoms with van der Waals surface area (Å²) in [5, 5.41) is 20.4. The second-order valence-corrected chi connectivity index (χ2v) is 19.5. The Morgan fingerprint density at radius 3 is 2.10 bits per heavy atom. The fourth-order valence-electron chi connectivity index (χ4n) is 7.05. The maximum absolute atomic E-state index is 14.2. The number of aliphatic carboxylic acids is 1. The summed E-state index contributed by atoms with van der Waals surface area (Å²) in [4.78, 5) is 65.8. The summed E-state index contributed by atoms with van der Waals surface area (Å²) in [6, 6.07) is 19.7. The Hall–Kier alpha value is -4.84. The molecule has 314 valence electrons. The number of rotatable bonds is 11. The number of primary amides is 1. The first-order valence-corrected chi connectivity index (χ1v) is 21.3. The van der Waals surface area contributed by atoms with Crippen LogP contribution in [0.25, 0.3) is 10.8 Å². The zero-order chi connectivity index (χ0) is 43.1. The second kappa shape index (κ2) is 18.8. The van der Waals surface area contributed by atoms with E-state index in [1.54, 1.807) is 71.9 Å². The molecule has 0 aromatic heterocycles. The quantitative estimate of drug-likeness (QED) is 0.105. The Morgan fingerprint density at radius 1 is 0.879 bits per heavy atom. The summed E-state index contributed by atoms with van der Waals surface area (Å²) in [5.41, 5.74) is 4.63. The average Bonchev–Trinajstić information content (AvgIpc) is 3.09. The van der Waals surface area contributed by atoms with E-state index >= 15 is 0 Å². The van der Waals surface area contributed by atoms with E-state index in [-0.39, 0.29) is 18.6 Å². The van der Waals surface area contributed by atoms with E-state index in [1.807, 2.05) is 48.5 Å². The number of hydrogen-bond acceptors (Lipinski definition) is 8. The predicted octanol–water partition coefficient (Wildman–Crippen LogP) is 6.53. The van der Waals surface area contributed by atoms with Gasteiger partial charge in [0.05, 0.1) is 36.1 Å². The Labute approximate surface area is 341 Å². The number of carboxylic acid groups (broad SMARTS) is 1. The van der Waals surface area contributed by atoms with Crippen LogP contribution in [0.4, 0.5) is 0 Å². The van der Waals surface area contributed by atoms with Crippen molar-refractivity contribution in [2.75, 3.05) is 6.54 Å². The highest BCUT2D eigenvalue weighted by atomic mass is 31.2. The van der Waals surface area contributed by atoms with Crippen molar-refractivity contribution in [2.45, 2.75) is 116 Å². The minimum absolute atomic E-state index is 0.0248. The molecule has 13 nitrogen and oxygen atoms in total. The van der Waals surface area contributed by atoms with Crippen molar-refractivity contribution >= 4 is 48.0 Å². The lowest BCUT2D eigenvalue weighted by atomic mass is 9.81. The van der Waals surface area contributed by atoms with Crippen molar-refractivity contribution < 1.29 is 42.7 Å². The number of allylic oxidation sites excluding steroid dienone is 2. The molecule has 0 aliphatic carbocycles. The SMILES string of the molecule is CC(C)(C)OP(=O)(Cc1ccc([C@@H]2C=CC[C@@H](Cc3cccc4ccccc34)CNC(=O)[C@H](CC(N)=O)NC(=O)C(C)(C)NC(=O)[C@H]2CC(=O)O)cc1)OC(C)(C)C. The molecule has 0 saturated heterocycles. The number of benzene rings is 3. The molecule has 0 spiro atoms. The van der Waals surface area contributed by atoms with E-state index in [9.17, 15) is 33.6 Å².